The van der Waals surface area contributed by atoms with Crippen LogP contribution in [0, 0.1) is 6.92 Å². The summed E-state index contributed by atoms with van der Waals surface area (Å²) in [6, 6.07) is 15.1. The molecule has 118 valence electrons. The van der Waals surface area contributed by atoms with Crippen molar-refractivity contribution < 1.29 is 9.53 Å². The van der Waals surface area contributed by atoms with Crippen LogP contribution in [0.15, 0.2) is 60.9 Å². The van der Waals surface area contributed by atoms with E-state index in [-0.39, 0.29) is 5.97 Å². The molecular formula is C18H13N3O2S. The maximum atomic E-state index is 12.4. The number of carbonyl (C=O) groups excluding carboxylic acids is 1. The maximum absolute atomic E-state index is 12.4. The van der Waals surface area contributed by atoms with E-state index in [1.165, 1.54) is 17.5 Å². The molecular weight excluding hydrogens is 322 g/mol. The molecule has 24 heavy (non-hydrogen) atoms. The van der Waals surface area contributed by atoms with Gasteiger partial charge in [-0.05, 0) is 37.3 Å². The number of esters is 1. The zero-order valence-corrected chi connectivity index (χ0v) is 13.7. The van der Waals surface area contributed by atoms with Gasteiger partial charge in [0.1, 0.15) is 15.5 Å². The van der Waals surface area contributed by atoms with Crippen molar-refractivity contribution in [2.75, 3.05) is 0 Å². The number of fused-ring (bicyclic) bond motifs is 1. The highest BCUT2D eigenvalue weighted by atomic mass is 32.1. The molecule has 0 bridgehead atoms. The largest absolute Gasteiger partial charge is 0.421 e. The minimum Gasteiger partial charge on any atom is -0.421 e. The summed E-state index contributed by atoms with van der Waals surface area (Å²) < 4.78 is 7.22. The molecule has 4 rings (SSSR count). The van der Waals surface area contributed by atoms with Crippen molar-refractivity contribution in [1.29, 1.82) is 0 Å². The van der Waals surface area contributed by atoms with Crippen molar-refractivity contribution in [2.45, 2.75) is 6.92 Å². The van der Waals surface area contributed by atoms with E-state index in [2.05, 4.69) is 10.1 Å². The van der Waals surface area contributed by atoms with Crippen molar-refractivity contribution in [3.8, 4) is 11.4 Å². The van der Waals surface area contributed by atoms with E-state index in [1.54, 1.807) is 18.3 Å². The number of benzene rings is 1. The van der Waals surface area contributed by atoms with Gasteiger partial charge in [0.15, 0.2) is 0 Å². The summed E-state index contributed by atoms with van der Waals surface area (Å²) in [6.45, 7) is 1.94. The van der Waals surface area contributed by atoms with Crippen molar-refractivity contribution >= 4 is 27.5 Å². The third-order valence-corrected chi connectivity index (χ3v) is 4.68. The normalized spacial score (nSPS) is 10.9. The second kappa shape index (κ2) is 5.90. The molecule has 0 aliphatic rings. The third kappa shape index (κ3) is 2.57. The summed E-state index contributed by atoms with van der Waals surface area (Å²) in [5.74, 6) is 0.0459. The first kappa shape index (κ1) is 14.6. The van der Waals surface area contributed by atoms with Crippen LogP contribution >= 0.6 is 11.3 Å². The van der Waals surface area contributed by atoms with Gasteiger partial charge in [-0.3, -0.25) is 4.98 Å². The van der Waals surface area contributed by atoms with Crippen LogP contribution in [0.5, 0.6) is 5.75 Å². The summed E-state index contributed by atoms with van der Waals surface area (Å²) in [5.41, 5.74) is 1.84. The third-order valence-electron chi connectivity index (χ3n) is 3.59. The van der Waals surface area contributed by atoms with E-state index in [0.29, 0.717) is 10.6 Å². The Morgan fingerprint density at radius 2 is 2.00 bits per heavy atom. The molecule has 6 heteroatoms. The highest BCUT2D eigenvalue weighted by molar-refractivity contribution is 7.20. The molecule has 0 saturated carbocycles. The van der Waals surface area contributed by atoms with Gasteiger partial charge in [-0.1, -0.05) is 18.2 Å². The van der Waals surface area contributed by atoms with Crippen LogP contribution in [0.3, 0.4) is 0 Å². The molecule has 0 aliphatic carbocycles. The van der Waals surface area contributed by atoms with E-state index in [4.69, 9.17) is 4.74 Å². The molecule has 3 heterocycles. The fraction of sp³-hybridized carbons (Fsp3) is 0.0556. The van der Waals surface area contributed by atoms with Gasteiger partial charge in [-0.15, -0.1) is 11.3 Å². The Bertz CT molecular complexity index is 1010. The summed E-state index contributed by atoms with van der Waals surface area (Å²) in [5, 5.41) is 5.53. The lowest BCUT2D eigenvalue weighted by atomic mass is 10.3. The minimum atomic E-state index is -0.386. The summed E-state index contributed by atoms with van der Waals surface area (Å²) >= 11 is 1.37. The number of thiophene rings is 1. The number of hydrogen-bond donors (Lipinski definition) is 0. The van der Waals surface area contributed by atoms with Crippen LogP contribution in [-0.2, 0) is 0 Å². The Hall–Kier alpha value is -2.99. The smallest absolute Gasteiger partial charge is 0.353 e. The lowest BCUT2D eigenvalue weighted by Gasteiger charge is -2.02. The first-order valence-corrected chi connectivity index (χ1v) is 8.21. The predicted molar refractivity (Wildman–Crippen MR) is 92.9 cm³/mol. The first-order chi connectivity index (χ1) is 11.7. The monoisotopic (exact) mass is 335 g/mol. The molecule has 0 saturated heterocycles. The Balaban J connectivity index is 1.72. The van der Waals surface area contributed by atoms with E-state index >= 15 is 0 Å². The maximum Gasteiger partial charge on any atom is 0.353 e. The van der Waals surface area contributed by atoms with Gasteiger partial charge >= 0.3 is 5.97 Å². The molecule has 4 aromatic rings. The van der Waals surface area contributed by atoms with Gasteiger partial charge in [0.2, 0.25) is 0 Å². The lowest BCUT2D eigenvalue weighted by molar-refractivity contribution is 0.0739. The standard InChI is InChI=1S/C18H13N3O2S/c1-12-15-10-16(18(22)23-14-8-5-9-19-11-14)24-17(15)21(20-12)13-6-3-2-4-7-13/h2-11H,1H3. The number of aromatic nitrogens is 3. The van der Waals surface area contributed by atoms with Crippen molar-refractivity contribution in [2.24, 2.45) is 0 Å². The number of para-hydroxylation sites is 1. The first-order valence-electron chi connectivity index (χ1n) is 7.39. The molecule has 0 atom stereocenters. The number of nitrogens with zero attached hydrogens (tertiary/aromatic N) is 3. The number of pyridine rings is 1. The van der Waals surface area contributed by atoms with E-state index < -0.39 is 0 Å². The van der Waals surface area contributed by atoms with E-state index in [9.17, 15) is 4.79 Å². The zero-order chi connectivity index (χ0) is 16.5. The van der Waals surface area contributed by atoms with Crippen LogP contribution in [-0.4, -0.2) is 20.7 Å². The average Bonchev–Trinajstić information content (AvgIpc) is 3.18. The van der Waals surface area contributed by atoms with E-state index in [1.807, 2.05) is 48.0 Å². The topological polar surface area (TPSA) is 57.0 Å². The summed E-state index contributed by atoms with van der Waals surface area (Å²) in [6.07, 6.45) is 3.15. The van der Waals surface area contributed by atoms with Crippen LogP contribution < -0.4 is 4.74 Å². The Kier molecular flexibility index (Phi) is 3.59. The lowest BCUT2D eigenvalue weighted by Crippen LogP contribution is -2.06. The molecule has 0 N–H and O–H groups in total. The Morgan fingerprint density at radius 1 is 1.17 bits per heavy atom. The summed E-state index contributed by atoms with van der Waals surface area (Å²) in [7, 11) is 0. The molecule has 0 fully saturated rings. The number of rotatable bonds is 3. The van der Waals surface area contributed by atoms with Crippen LogP contribution in [0.2, 0.25) is 0 Å². The van der Waals surface area contributed by atoms with Crippen LogP contribution in [0.1, 0.15) is 15.4 Å². The van der Waals surface area contributed by atoms with Gasteiger partial charge in [0.05, 0.1) is 17.6 Å². The fourth-order valence-corrected chi connectivity index (χ4v) is 3.52. The highest BCUT2D eigenvalue weighted by Crippen LogP contribution is 2.31. The predicted octanol–water partition coefficient (Wildman–Crippen LogP) is 4.01. The van der Waals surface area contributed by atoms with Gasteiger partial charge in [0.25, 0.3) is 0 Å². The van der Waals surface area contributed by atoms with Crippen LogP contribution in [0.25, 0.3) is 15.9 Å². The molecule has 3 aromatic heterocycles. The molecule has 5 nitrogen and oxygen atoms in total. The minimum absolute atomic E-state index is 0.386. The van der Waals surface area contributed by atoms with Gasteiger partial charge < -0.3 is 4.74 Å². The Morgan fingerprint density at radius 3 is 2.75 bits per heavy atom. The molecule has 0 unspecified atom stereocenters. The van der Waals surface area contributed by atoms with Crippen molar-refractivity contribution in [3.05, 3.63) is 71.5 Å². The molecule has 0 amide bonds. The zero-order valence-electron chi connectivity index (χ0n) is 12.8. The second-order valence-electron chi connectivity index (χ2n) is 5.24. The van der Waals surface area contributed by atoms with E-state index in [0.717, 1.165) is 21.6 Å². The summed E-state index contributed by atoms with van der Waals surface area (Å²) in [4.78, 5) is 17.8. The molecule has 1 aromatic carbocycles. The number of hydrogen-bond acceptors (Lipinski definition) is 5. The average molecular weight is 335 g/mol. The number of carbonyl (C=O) groups is 1. The number of ether oxygens (including phenoxy) is 1. The van der Waals surface area contributed by atoms with Crippen molar-refractivity contribution in [1.82, 2.24) is 14.8 Å². The Labute approximate surface area is 142 Å². The molecule has 0 aliphatic heterocycles. The van der Waals surface area contributed by atoms with Gasteiger partial charge in [-0.25, -0.2) is 9.48 Å². The SMILES string of the molecule is Cc1nn(-c2ccccc2)c2sc(C(=O)Oc3cccnc3)cc12. The molecule has 0 spiro atoms. The number of aryl methyl sites for hydroxylation is 1. The second-order valence-corrected chi connectivity index (χ2v) is 6.27. The van der Waals surface area contributed by atoms with Crippen LogP contribution in [0.4, 0.5) is 0 Å². The van der Waals surface area contributed by atoms with Crippen molar-refractivity contribution in [3.63, 3.8) is 0 Å². The fourth-order valence-electron chi connectivity index (χ4n) is 2.46. The molecule has 0 radical (unpaired) electrons. The quantitative estimate of drug-likeness (QED) is 0.531. The van der Waals surface area contributed by atoms with Gasteiger partial charge in [-0.2, -0.15) is 5.10 Å². The highest BCUT2D eigenvalue weighted by Gasteiger charge is 2.18. The van der Waals surface area contributed by atoms with Gasteiger partial charge in [0, 0.05) is 11.6 Å².